The summed E-state index contributed by atoms with van der Waals surface area (Å²) in [6.07, 6.45) is 1.82. The molecule has 2 aliphatic rings. The van der Waals surface area contributed by atoms with Gasteiger partial charge < -0.3 is 19.9 Å². The van der Waals surface area contributed by atoms with E-state index in [4.69, 9.17) is 19.9 Å². The topological polar surface area (TPSA) is 91.2 Å². The number of Topliss-reactive ketones (excluding diaryl/α,β-unsaturated/α-hetero) is 1. The molecule has 0 bridgehead atoms. The summed E-state index contributed by atoms with van der Waals surface area (Å²) >= 11 is 0. The summed E-state index contributed by atoms with van der Waals surface area (Å²) in [6, 6.07) is 12.0. The first-order valence-corrected chi connectivity index (χ1v) is 7.83. The number of benzene rings is 2. The van der Waals surface area contributed by atoms with Crippen LogP contribution in [-0.2, 0) is 4.74 Å². The quantitative estimate of drug-likeness (QED) is 0.667. The lowest BCUT2D eigenvalue weighted by molar-refractivity contribution is 0.0991. The molecule has 1 atom stereocenters. The van der Waals surface area contributed by atoms with Crippen molar-refractivity contribution in [2.45, 2.75) is 6.10 Å². The minimum absolute atomic E-state index is 0.156. The molecule has 0 aliphatic carbocycles. The Kier molecular flexibility index (Phi) is 3.74. The van der Waals surface area contributed by atoms with Crippen LogP contribution in [0.2, 0.25) is 0 Å². The number of allylic oxidation sites excluding steroid dienone is 1. The molecule has 126 valence electrons. The zero-order valence-electron chi connectivity index (χ0n) is 13.2. The molecule has 1 unspecified atom stereocenters. The molecular formula is C19H15NO5. The highest BCUT2D eigenvalue weighted by molar-refractivity contribution is 6.16. The van der Waals surface area contributed by atoms with E-state index in [2.05, 4.69) is 0 Å². The lowest BCUT2D eigenvalue weighted by Crippen LogP contribution is -2.11. The maximum atomic E-state index is 12.4. The number of ether oxygens (including phenoxy) is 3. The highest BCUT2D eigenvalue weighted by Gasteiger charge is 2.30. The molecule has 4 rings (SSSR count). The Morgan fingerprint density at radius 1 is 1.24 bits per heavy atom. The minimum atomic E-state index is -0.632. The predicted octanol–water partition coefficient (Wildman–Crippen LogP) is 2.18. The van der Waals surface area contributed by atoms with Gasteiger partial charge >= 0.3 is 0 Å². The predicted molar refractivity (Wildman–Crippen MR) is 89.6 cm³/mol. The standard InChI is InChI=1S/C19H15NO5/c20-19(22)15-3-1-2-14-17(21)16(25-18(14)15)8-11-4-6-12(7-5-11)23-9-13-10-24-13/h1-8,13H,9-10H2,(H2,20,22)/b16-8-. The summed E-state index contributed by atoms with van der Waals surface area (Å²) in [7, 11) is 0. The van der Waals surface area contributed by atoms with Gasteiger partial charge in [-0.05, 0) is 35.9 Å². The van der Waals surface area contributed by atoms with E-state index in [1.54, 1.807) is 18.2 Å². The number of carbonyl (C=O) groups excluding carboxylic acids is 2. The fourth-order valence-corrected chi connectivity index (χ4v) is 2.57. The van der Waals surface area contributed by atoms with E-state index in [-0.39, 0.29) is 29.0 Å². The zero-order chi connectivity index (χ0) is 17.4. The first kappa shape index (κ1) is 15.4. The summed E-state index contributed by atoms with van der Waals surface area (Å²) in [5.74, 6) is 0.200. The number of epoxide rings is 1. The average Bonchev–Trinajstić information content (AvgIpc) is 3.39. The van der Waals surface area contributed by atoms with Gasteiger partial charge in [0.05, 0.1) is 17.7 Å². The first-order valence-electron chi connectivity index (χ1n) is 7.83. The van der Waals surface area contributed by atoms with Crippen LogP contribution in [-0.4, -0.2) is 31.0 Å². The van der Waals surface area contributed by atoms with Crippen molar-refractivity contribution in [3.8, 4) is 11.5 Å². The van der Waals surface area contributed by atoms with Crippen LogP contribution in [0.5, 0.6) is 11.5 Å². The van der Waals surface area contributed by atoms with Gasteiger partial charge in [0.2, 0.25) is 5.78 Å². The number of ketones is 1. The third-order valence-electron chi connectivity index (χ3n) is 3.98. The van der Waals surface area contributed by atoms with E-state index in [0.29, 0.717) is 12.2 Å². The number of primary amides is 1. The molecule has 1 saturated heterocycles. The van der Waals surface area contributed by atoms with Gasteiger partial charge in [-0.3, -0.25) is 9.59 Å². The molecule has 1 amide bonds. The number of hydrogen-bond acceptors (Lipinski definition) is 5. The summed E-state index contributed by atoms with van der Waals surface area (Å²) in [4.78, 5) is 23.9. The zero-order valence-corrected chi connectivity index (χ0v) is 13.2. The normalized spacial score (nSPS) is 19.4. The smallest absolute Gasteiger partial charge is 0.252 e. The molecule has 2 aliphatic heterocycles. The number of rotatable bonds is 5. The average molecular weight is 337 g/mol. The number of fused-ring (bicyclic) bond motifs is 1. The molecule has 2 aromatic carbocycles. The number of hydrogen-bond donors (Lipinski definition) is 1. The van der Waals surface area contributed by atoms with E-state index in [0.717, 1.165) is 17.9 Å². The Labute approximate surface area is 143 Å². The lowest BCUT2D eigenvalue weighted by Gasteiger charge is -2.05. The highest BCUT2D eigenvalue weighted by Crippen LogP contribution is 2.35. The summed E-state index contributed by atoms with van der Waals surface area (Å²) in [5, 5.41) is 0. The molecule has 0 spiro atoms. The second-order valence-corrected chi connectivity index (χ2v) is 5.82. The second kappa shape index (κ2) is 6.07. The van der Waals surface area contributed by atoms with Crippen molar-refractivity contribution >= 4 is 17.8 Å². The fraction of sp³-hybridized carbons (Fsp3) is 0.158. The number of nitrogens with two attached hydrogens (primary N) is 1. The Morgan fingerprint density at radius 3 is 2.68 bits per heavy atom. The molecule has 0 saturated carbocycles. The van der Waals surface area contributed by atoms with Crippen molar-refractivity contribution in [3.05, 3.63) is 64.9 Å². The summed E-state index contributed by atoms with van der Waals surface area (Å²) < 4.78 is 16.3. The van der Waals surface area contributed by atoms with Crippen LogP contribution in [0.25, 0.3) is 6.08 Å². The molecular weight excluding hydrogens is 322 g/mol. The molecule has 2 aromatic rings. The molecule has 6 nitrogen and oxygen atoms in total. The van der Waals surface area contributed by atoms with Crippen LogP contribution >= 0.6 is 0 Å². The van der Waals surface area contributed by atoms with E-state index in [1.807, 2.05) is 24.3 Å². The molecule has 2 N–H and O–H groups in total. The lowest BCUT2D eigenvalue weighted by atomic mass is 10.1. The van der Waals surface area contributed by atoms with Crippen LogP contribution < -0.4 is 15.2 Å². The van der Waals surface area contributed by atoms with Gasteiger partial charge in [0, 0.05) is 0 Å². The Morgan fingerprint density at radius 2 is 2.00 bits per heavy atom. The minimum Gasteiger partial charge on any atom is -0.491 e. The van der Waals surface area contributed by atoms with Crippen LogP contribution in [0.3, 0.4) is 0 Å². The van der Waals surface area contributed by atoms with Crippen molar-refractivity contribution in [3.63, 3.8) is 0 Å². The van der Waals surface area contributed by atoms with Crippen molar-refractivity contribution in [2.24, 2.45) is 5.73 Å². The molecule has 1 fully saturated rings. The maximum Gasteiger partial charge on any atom is 0.252 e. The van der Waals surface area contributed by atoms with Gasteiger partial charge in [0.15, 0.2) is 11.5 Å². The first-order chi connectivity index (χ1) is 12.1. The molecule has 2 heterocycles. The van der Waals surface area contributed by atoms with Crippen LogP contribution in [0, 0.1) is 0 Å². The van der Waals surface area contributed by atoms with Crippen LogP contribution in [0.1, 0.15) is 26.3 Å². The number of para-hydroxylation sites is 1. The van der Waals surface area contributed by atoms with Crippen molar-refractivity contribution in [2.75, 3.05) is 13.2 Å². The molecule has 0 radical (unpaired) electrons. The fourth-order valence-electron chi connectivity index (χ4n) is 2.57. The van der Waals surface area contributed by atoms with Crippen molar-refractivity contribution in [1.29, 1.82) is 0 Å². The van der Waals surface area contributed by atoms with E-state index < -0.39 is 5.91 Å². The highest BCUT2D eigenvalue weighted by atomic mass is 16.6. The summed E-state index contributed by atoms with van der Waals surface area (Å²) in [5.41, 5.74) is 6.65. The van der Waals surface area contributed by atoms with Crippen LogP contribution in [0.4, 0.5) is 0 Å². The van der Waals surface area contributed by atoms with Gasteiger partial charge in [-0.2, -0.15) is 0 Å². The SMILES string of the molecule is NC(=O)c1cccc2c1O/C(=C\c1ccc(OCC3CO3)cc1)C2=O. The second-order valence-electron chi connectivity index (χ2n) is 5.82. The van der Waals surface area contributed by atoms with Gasteiger partial charge in [-0.25, -0.2) is 0 Å². The summed E-state index contributed by atoms with van der Waals surface area (Å²) in [6.45, 7) is 1.28. The van der Waals surface area contributed by atoms with Gasteiger partial charge in [-0.1, -0.05) is 18.2 Å². The van der Waals surface area contributed by atoms with E-state index in [9.17, 15) is 9.59 Å². The Hall–Kier alpha value is -3.12. The van der Waals surface area contributed by atoms with Gasteiger partial charge in [0.25, 0.3) is 5.91 Å². The molecule has 0 aromatic heterocycles. The largest absolute Gasteiger partial charge is 0.491 e. The van der Waals surface area contributed by atoms with E-state index >= 15 is 0 Å². The number of carbonyl (C=O) groups is 2. The molecule has 25 heavy (non-hydrogen) atoms. The maximum absolute atomic E-state index is 12.4. The Balaban J connectivity index is 1.54. The third-order valence-corrected chi connectivity index (χ3v) is 3.98. The monoisotopic (exact) mass is 337 g/mol. The third kappa shape index (κ3) is 3.12. The Bertz CT molecular complexity index is 881. The molecule has 6 heteroatoms. The van der Waals surface area contributed by atoms with Crippen LogP contribution in [0.15, 0.2) is 48.2 Å². The van der Waals surface area contributed by atoms with E-state index in [1.165, 1.54) is 6.07 Å². The van der Waals surface area contributed by atoms with Gasteiger partial charge in [0.1, 0.15) is 18.5 Å². The number of amides is 1. The van der Waals surface area contributed by atoms with Gasteiger partial charge in [-0.15, -0.1) is 0 Å². The van der Waals surface area contributed by atoms with Crippen molar-refractivity contribution < 1.29 is 23.8 Å². The van der Waals surface area contributed by atoms with Crippen molar-refractivity contribution in [1.82, 2.24) is 0 Å².